The lowest BCUT2D eigenvalue weighted by molar-refractivity contribution is -0.0211. The number of hydrogen-bond acceptors (Lipinski definition) is 3. The molecule has 3 heteroatoms. The van der Waals surface area contributed by atoms with E-state index >= 15 is 0 Å². The van der Waals surface area contributed by atoms with Crippen molar-refractivity contribution in [1.82, 2.24) is 5.48 Å². The number of hydroxylamine groups is 1. The quantitative estimate of drug-likeness (QED) is 0.533. The maximum absolute atomic E-state index is 8.85. The van der Waals surface area contributed by atoms with Crippen molar-refractivity contribution >= 4 is 0 Å². The number of unbranched alkanes of at least 4 members (excludes halogenated alkanes) is 1. The van der Waals surface area contributed by atoms with Crippen molar-refractivity contribution in [3.63, 3.8) is 0 Å². The first-order chi connectivity index (χ1) is 7.64. The Hall–Kier alpha value is -0.590. The molecule has 3 nitrogen and oxygen atoms in total. The second-order valence-electron chi connectivity index (χ2n) is 5.37. The van der Waals surface area contributed by atoms with Gasteiger partial charge in [-0.15, -0.1) is 0 Å². The van der Waals surface area contributed by atoms with Crippen LogP contribution in [0.2, 0.25) is 0 Å². The molecular formula is C13H24N2O. The summed E-state index contributed by atoms with van der Waals surface area (Å²) in [4.78, 5) is 5.55. The molecule has 0 aromatic rings. The monoisotopic (exact) mass is 224 g/mol. The van der Waals surface area contributed by atoms with E-state index in [0.29, 0.717) is 6.10 Å². The van der Waals surface area contributed by atoms with Crippen molar-refractivity contribution in [2.45, 2.75) is 64.9 Å². The maximum atomic E-state index is 8.85. The van der Waals surface area contributed by atoms with Gasteiger partial charge in [0.2, 0.25) is 0 Å². The first-order valence-corrected chi connectivity index (χ1v) is 6.44. The van der Waals surface area contributed by atoms with Crippen LogP contribution in [0.1, 0.15) is 58.8 Å². The van der Waals surface area contributed by atoms with Crippen LogP contribution in [0.15, 0.2) is 0 Å². The van der Waals surface area contributed by atoms with Gasteiger partial charge in [-0.05, 0) is 39.5 Å². The second-order valence-corrected chi connectivity index (χ2v) is 5.37. The summed E-state index contributed by atoms with van der Waals surface area (Å²) < 4.78 is 0. The van der Waals surface area contributed by atoms with Crippen molar-refractivity contribution in [3.8, 4) is 6.07 Å². The summed E-state index contributed by atoms with van der Waals surface area (Å²) >= 11 is 0. The van der Waals surface area contributed by atoms with Gasteiger partial charge in [0.1, 0.15) is 0 Å². The molecule has 0 aromatic carbocycles. The molecule has 0 aromatic heterocycles. The van der Waals surface area contributed by atoms with Crippen LogP contribution in [-0.4, -0.2) is 12.6 Å². The Bertz CT molecular complexity index is 227. The predicted octanol–water partition coefficient (Wildman–Crippen LogP) is 3.17. The average molecular weight is 224 g/mol. The number of rotatable bonds is 7. The molecule has 1 aliphatic carbocycles. The zero-order valence-corrected chi connectivity index (χ0v) is 10.6. The second kappa shape index (κ2) is 6.88. The van der Waals surface area contributed by atoms with Crippen LogP contribution in [0.5, 0.6) is 0 Å². The van der Waals surface area contributed by atoms with Gasteiger partial charge in [0.15, 0.2) is 0 Å². The van der Waals surface area contributed by atoms with Crippen LogP contribution in [0.4, 0.5) is 0 Å². The number of nitrogens with zero attached hydrogens (tertiary/aromatic N) is 1. The highest BCUT2D eigenvalue weighted by Gasteiger charge is 2.16. The van der Waals surface area contributed by atoms with Crippen molar-refractivity contribution in [2.24, 2.45) is 5.41 Å². The normalized spacial score (nSPS) is 17.6. The van der Waals surface area contributed by atoms with E-state index in [0.717, 1.165) is 25.8 Å². The minimum Gasteiger partial charge on any atom is -0.299 e. The van der Waals surface area contributed by atoms with E-state index in [1.54, 1.807) is 0 Å². The van der Waals surface area contributed by atoms with Gasteiger partial charge in [-0.2, -0.15) is 5.26 Å². The van der Waals surface area contributed by atoms with Crippen LogP contribution in [0.25, 0.3) is 0 Å². The fraction of sp³-hybridized carbons (Fsp3) is 0.923. The molecule has 1 rings (SSSR count). The van der Waals surface area contributed by atoms with Gasteiger partial charge in [0.05, 0.1) is 17.6 Å². The Morgan fingerprint density at radius 3 is 2.62 bits per heavy atom. The predicted molar refractivity (Wildman–Crippen MR) is 64.6 cm³/mol. The van der Waals surface area contributed by atoms with Crippen molar-refractivity contribution in [1.29, 1.82) is 5.26 Å². The van der Waals surface area contributed by atoms with E-state index in [-0.39, 0.29) is 5.41 Å². The van der Waals surface area contributed by atoms with Gasteiger partial charge >= 0.3 is 0 Å². The van der Waals surface area contributed by atoms with Gasteiger partial charge in [0, 0.05) is 6.54 Å². The van der Waals surface area contributed by atoms with Crippen LogP contribution in [-0.2, 0) is 4.84 Å². The van der Waals surface area contributed by atoms with E-state index in [1.165, 1.54) is 25.7 Å². The molecule has 1 saturated carbocycles. The molecule has 0 unspecified atom stereocenters. The van der Waals surface area contributed by atoms with Crippen molar-refractivity contribution < 1.29 is 4.84 Å². The van der Waals surface area contributed by atoms with E-state index in [9.17, 15) is 0 Å². The SMILES string of the molecule is CC(C)(C#N)CCCCNOC1CCCC1. The lowest BCUT2D eigenvalue weighted by Crippen LogP contribution is -2.23. The summed E-state index contributed by atoms with van der Waals surface area (Å²) in [6, 6.07) is 2.33. The number of nitrogens with one attached hydrogen (secondary N) is 1. The van der Waals surface area contributed by atoms with Crippen LogP contribution < -0.4 is 5.48 Å². The van der Waals surface area contributed by atoms with Gasteiger partial charge in [0.25, 0.3) is 0 Å². The third-order valence-corrected chi connectivity index (χ3v) is 3.19. The zero-order valence-electron chi connectivity index (χ0n) is 10.6. The highest BCUT2D eigenvalue weighted by atomic mass is 16.7. The topological polar surface area (TPSA) is 45.0 Å². The molecule has 16 heavy (non-hydrogen) atoms. The first kappa shape index (κ1) is 13.5. The van der Waals surface area contributed by atoms with Crippen molar-refractivity contribution in [3.05, 3.63) is 0 Å². The van der Waals surface area contributed by atoms with E-state index < -0.39 is 0 Å². The Morgan fingerprint density at radius 1 is 1.31 bits per heavy atom. The fourth-order valence-corrected chi connectivity index (χ4v) is 2.00. The van der Waals surface area contributed by atoms with Crippen LogP contribution >= 0.6 is 0 Å². The molecule has 0 atom stereocenters. The Balaban J connectivity index is 1.90. The van der Waals surface area contributed by atoms with Crippen LogP contribution in [0.3, 0.4) is 0 Å². The largest absolute Gasteiger partial charge is 0.299 e. The molecule has 0 radical (unpaired) electrons. The highest BCUT2D eigenvalue weighted by Crippen LogP contribution is 2.22. The lowest BCUT2D eigenvalue weighted by atomic mass is 9.89. The molecular weight excluding hydrogens is 200 g/mol. The first-order valence-electron chi connectivity index (χ1n) is 6.44. The maximum Gasteiger partial charge on any atom is 0.0790 e. The van der Waals surface area contributed by atoms with Gasteiger partial charge < -0.3 is 0 Å². The minimum atomic E-state index is -0.174. The fourth-order valence-electron chi connectivity index (χ4n) is 2.00. The molecule has 1 N–H and O–H groups in total. The Labute approximate surface area is 99.1 Å². The summed E-state index contributed by atoms with van der Waals surface area (Å²) in [5, 5.41) is 8.85. The Kier molecular flexibility index (Phi) is 5.79. The van der Waals surface area contributed by atoms with Crippen LogP contribution in [0, 0.1) is 16.7 Å². The third-order valence-electron chi connectivity index (χ3n) is 3.19. The molecule has 92 valence electrons. The number of nitriles is 1. The summed E-state index contributed by atoms with van der Waals surface area (Å²) in [5.74, 6) is 0. The van der Waals surface area contributed by atoms with E-state index in [2.05, 4.69) is 11.5 Å². The summed E-state index contributed by atoms with van der Waals surface area (Å²) in [6.45, 7) is 4.89. The third kappa shape index (κ3) is 5.48. The Morgan fingerprint density at radius 2 is 2.00 bits per heavy atom. The summed E-state index contributed by atoms with van der Waals surface area (Å²) in [5.41, 5.74) is 2.87. The molecule has 0 spiro atoms. The molecule has 0 aliphatic heterocycles. The summed E-state index contributed by atoms with van der Waals surface area (Å²) in [7, 11) is 0. The standard InChI is InChI=1S/C13H24N2O/c1-13(2,11-14)9-5-6-10-15-16-12-7-3-4-8-12/h12,15H,3-10H2,1-2H3. The molecule has 0 heterocycles. The molecule has 0 amide bonds. The molecule has 1 aliphatic rings. The van der Waals surface area contributed by atoms with Gasteiger partial charge in [-0.25, -0.2) is 5.48 Å². The zero-order chi connectivity index (χ0) is 11.9. The molecule has 0 saturated heterocycles. The smallest absolute Gasteiger partial charge is 0.0790 e. The van der Waals surface area contributed by atoms with Gasteiger partial charge in [-0.1, -0.05) is 19.3 Å². The van der Waals surface area contributed by atoms with E-state index in [4.69, 9.17) is 10.1 Å². The summed E-state index contributed by atoms with van der Waals surface area (Å²) in [6.07, 6.45) is 8.60. The minimum absolute atomic E-state index is 0.174. The molecule has 1 fully saturated rings. The highest BCUT2D eigenvalue weighted by molar-refractivity contribution is 4.91. The molecule has 0 bridgehead atoms. The lowest BCUT2D eigenvalue weighted by Gasteiger charge is -2.15. The average Bonchev–Trinajstić information content (AvgIpc) is 2.76. The van der Waals surface area contributed by atoms with Crippen molar-refractivity contribution in [2.75, 3.05) is 6.54 Å². The number of hydrogen-bond donors (Lipinski definition) is 1. The van der Waals surface area contributed by atoms with E-state index in [1.807, 2.05) is 13.8 Å². The van der Waals surface area contributed by atoms with Gasteiger partial charge in [-0.3, -0.25) is 4.84 Å².